The van der Waals surface area contributed by atoms with Crippen LogP contribution >= 0.6 is 11.6 Å². The molecule has 22 heavy (non-hydrogen) atoms. The van der Waals surface area contributed by atoms with Crippen LogP contribution in [0.15, 0.2) is 24.3 Å². The van der Waals surface area contributed by atoms with Crippen molar-refractivity contribution in [1.82, 2.24) is 10.2 Å². The number of aromatic nitrogens is 2. The Morgan fingerprint density at radius 3 is 2.45 bits per heavy atom. The Bertz CT molecular complexity index is 660. The number of carbonyl (C=O) groups excluding carboxylic acids is 1. The number of amides is 1. The van der Waals surface area contributed by atoms with E-state index < -0.39 is 0 Å². The molecule has 116 valence electrons. The molecule has 0 unspecified atom stereocenters. The first-order chi connectivity index (χ1) is 10.4. The second kappa shape index (κ2) is 6.75. The van der Waals surface area contributed by atoms with Crippen molar-refractivity contribution in [2.75, 3.05) is 10.6 Å². The van der Waals surface area contributed by atoms with Crippen LogP contribution in [0.1, 0.15) is 35.5 Å². The number of rotatable bonds is 4. The maximum Gasteiger partial charge on any atom is 0.276 e. The highest BCUT2D eigenvalue weighted by Gasteiger charge is 2.13. The summed E-state index contributed by atoms with van der Waals surface area (Å²) in [6.45, 7) is 7.86. The molecule has 1 heterocycles. The fourth-order valence-corrected chi connectivity index (χ4v) is 2.45. The molecule has 1 aromatic carbocycles. The SMILES string of the molecule is Cc1cc(C)c(NC(=O)c2ccc(NC(C)C)nn2)c(Cl)c1. The molecule has 2 N–H and O–H groups in total. The third-order valence-electron chi connectivity index (χ3n) is 3.00. The van der Waals surface area contributed by atoms with Crippen LogP contribution in [0.4, 0.5) is 11.5 Å². The molecule has 0 bridgehead atoms. The van der Waals surface area contributed by atoms with E-state index in [1.165, 1.54) is 0 Å². The number of benzene rings is 1. The van der Waals surface area contributed by atoms with Crippen LogP contribution < -0.4 is 10.6 Å². The first-order valence-corrected chi connectivity index (χ1v) is 7.43. The lowest BCUT2D eigenvalue weighted by Crippen LogP contribution is -2.17. The van der Waals surface area contributed by atoms with E-state index in [0.29, 0.717) is 16.5 Å². The van der Waals surface area contributed by atoms with Crippen LogP contribution in [0.25, 0.3) is 0 Å². The Hall–Kier alpha value is -2.14. The Morgan fingerprint density at radius 2 is 1.91 bits per heavy atom. The molecule has 6 heteroatoms. The number of aryl methyl sites for hydroxylation is 2. The van der Waals surface area contributed by atoms with Gasteiger partial charge in [-0.2, -0.15) is 0 Å². The van der Waals surface area contributed by atoms with Gasteiger partial charge in [-0.1, -0.05) is 17.7 Å². The van der Waals surface area contributed by atoms with E-state index in [9.17, 15) is 4.79 Å². The Balaban J connectivity index is 2.16. The average molecular weight is 319 g/mol. The van der Waals surface area contributed by atoms with Crippen molar-refractivity contribution in [2.24, 2.45) is 0 Å². The van der Waals surface area contributed by atoms with E-state index in [1.54, 1.807) is 12.1 Å². The number of nitrogens with one attached hydrogen (secondary N) is 2. The van der Waals surface area contributed by atoms with Gasteiger partial charge < -0.3 is 10.6 Å². The van der Waals surface area contributed by atoms with Gasteiger partial charge in [0, 0.05) is 6.04 Å². The van der Waals surface area contributed by atoms with Gasteiger partial charge in [-0.05, 0) is 57.0 Å². The molecule has 5 nitrogen and oxygen atoms in total. The lowest BCUT2D eigenvalue weighted by Gasteiger charge is -2.11. The Kier molecular flexibility index (Phi) is 4.98. The molecule has 0 aliphatic carbocycles. The third kappa shape index (κ3) is 3.95. The second-order valence-corrected chi connectivity index (χ2v) is 5.90. The molecule has 0 fully saturated rings. The number of carbonyl (C=O) groups is 1. The molecular weight excluding hydrogens is 300 g/mol. The highest BCUT2D eigenvalue weighted by molar-refractivity contribution is 6.34. The minimum absolute atomic E-state index is 0.241. The summed E-state index contributed by atoms with van der Waals surface area (Å²) in [5.41, 5.74) is 2.79. The number of hydrogen-bond donors (Lipinski definition) is 2. The van der Waals surface area contributed by atoms with Crippen molar-refractivity contribution in [2.45, 2.75) is 33.7 Å². The van der Waals surface area contributed by atoms with Crippen LogP contribution in [0.2, 0.25) is 5.02 Å². The predicted molar refractivity (Wildman–Crippen MR) is 89.7 cm³/mol. The summed E-state index contributed by atoms with van der Waals surface area (Å²) < 4.78 is 0. The van der Waals surface area contributed by atoms with Gasteiger partial charge in [0.05, 0.1) is 10.7 Å². The number of nitrogens with zero attached hydrogens (tertiary/aromatic N) is 2. The van der Waals surface area contributed by atoms with Gasteiger partial charge in [-0.25, -0.2) is 0 Å². The number of hydrogen-bond acceptors (Lipinski definition) is 4. The molecule has 1 amide bonds. The fraction of sp³-hybridized carbons (Fsp3) is 0.312. The molecule has 0 aliphatic heterocycles. The van der Waals surface area contributed by atoms with Crippen LogP contribution in [-0.4, -0.2) is 22.1 Å². The normalized spacial score (nSPS) is 10.6. The van der Waals surface area contributed by atoms with E-state index >= 15 is 0 Å². The molecule has 0 saturated heterocycles. The van der Waals surface area contributed by atoms with Crippen LogP contribution in [0, 0.1) is 13.8 Å². The minimum Gasteiger partial charge on any atom is -0.366 e. The first kappa shape index (κ1) is 16.2. The summed E-state index contributed by atoms with van der Waals surface area (Å²) in [4.78, 5) is 12.2. The van der Waals surface area contributed by atoms with E-state index in [-0.39, 0.29) is 17.6 Å². The van der Waals surface area contributed by atoms with Crippen LogP contribution in [0.5, 0.6) is 0 Å². The summed E-state index contributed by atoms with van der Waals surface area (Å²) in [7, 11) is 0. The van der Waals surface area contributed by atoms with Gasteiger partial charge in [0.25, 0.3) is 5.91 Å². The van der Waals surface area contributed by atoms with E-state index in [4.69, 9.17) is 11.6 Å². The van der Waals surface area contributed by atoms with Crippen molar-refractivity contribution in [3.8, 4) is 0 Å². The third-order valence-corrected chi connectivity index (χ3v) is 3.30. The maximum atomic E-state index is 12.2. The Labute approximate surface area is 135 Å². The summed E-state index contributed by atoms with van der Waals surface area (Å²) in [6, 6.07) is 7.38. The zero-order valence-electron chi connectivity index (χ0n) is 13.1. The zero-order valence-corrected chi connectivity index (χ0v) is 13.8. The fourth-order valence-electron chi connectivity index (χ4n) is 2.08. The number of halogens is 1. The van der Waals surface area contributed by atoms with Crippen molar-refractivity contribution >= 4 is 29.0 Å². The standard InChI is InChI=1S/C16H19ClN4O/c1-9(2)18-14-6-5-13(20-21-14)16(22)19-15-11(4)7-10(3)8-12(15)17/h5-9H,1-4H3,(H,18,21)(H,19,22). The molecular formula is C16H19ClN4O. The Morgan fingerprint density at radius 1 is 1.18 bits per heavy atom. The summed E-state index contributed by atoms with van der Waals surface area (Å²) >= 11 is 6.19. The maximum absolute atomic E-state index is 12.2. The predicted octanol–water partition coefficient (Wildman–Crippen LogP) is 3.82. The second-order valence-electron chi connectivity index (χ2n) is 5.50. The van der Waals surface area contributed by atoms with Crippen molar-refractivity contribution in [3.63, 3.8) is 0 Å². The lowest BCUT2D eigenvalue weighted by molar-refractivity contribution is 0.102. The van der Waals surface area contributed by atoms with Crippen molar-refractivity contribution in [3.05, 3.63) is 46.1 Å². The zero-order chi connectivity index (χ0) is 16.3. The molecule has 2 aromatic rings. The average Bonchev–Trinajstić information content (AvgIpc) is 2.42. The molecule has 0 saturated carbocycles. The quantitative estimate of drug-likeness (QED) is 0.899. The van der Waals surface area contributed by atoms with E-state index in [1.807, 2.05) is 39.8 Å². The molecule has 0 atom stereocenters. The van der Waals surface area contributed by atoms with Gasteiger partial charge in [0.2, 0.25) is 0 Å². The topological polar surface area (TPSA) is 66.9 Å². The van der Waals surface area contributed by atoms with E-state index in [2.05, 4.69) is 20.8 Å². The molecule has 0 radical (unpaired) electrons. The van der Waals surface area contributed by atoms with Crippen LogP contribution in [-0.2, 0) is 0 Å². The van der Waals surface area contributed by atoms with E-state index in [0.717, 1.165) is 11.1 Å². The van der Waals surface area contributed by atoms with Gasteiger partial charge in [-0.3, -0.25) is 4.79 Å². The molecule has 0 spiro atoms. The molecule has 1 aromatic heterocycles. The van der Waals surface area contributed by atoms with Gasteiger partial charge >= 0.3 is 0 Å². The highest BCUT2D eigenvalue weighted by atomic mass is 35.5. The number of anilines is 2. The molecule has 0 aliphatic rings. The highest BCUT2D eigenvalue weighted by Crippen LogP contribution is 2.27. The van der Waals surface area contributed by atoms with Gasteiger partial charge in [0.15, 0.2) is 5.69 Å². The van der Waals surface area contributed by atoms with Crippen LogP contribution in [0.3, 0.4) is 0 Å². The van der Waals surface area contributed by atoms with Gasteiger partial charge in [0.1, 0.15) is 5.82 Å². The van der Waals surface area contributed by atoms with Crippen molar-refractivity contribution in [1.29, 1.82) is 0 Å². The summed E-state index contributed by atoms with van der Waals surface area (Å²) in [5.74, 6) is 0.300. The minimum atomic E-state index is -0.336. The van der Waals surface area contributed by atoms with Gasteiger partial charge in [-0.15, -0.1) is 10.2 Å². The summed E-state index contributed by atoms with van der Waals surface area (Å²) in [6.07, 6.45) is 0. The largest absolute Gasteiger partial charge is 0.366 e. The first-order valence-electron chi connectivity index (χ1n) is 7.05. The summed E-state index contributed by atoms with van der Waals surface area (Å²) in [5, 5.41) is 14.3. The lowest BCUT2D eigenvalue weighted by atomic mass is 10.1. The monoisotopic (exact) mass is 318 g/mol. The molecule has 2 rings (SSSR count). The van der Waals surface area contributed by atoms with Crippen molar-refractivity contribution < 1.29 is 4.79 Å². The smallest absolute Gasteiger partial charge is 0.276 e.